The van der Waals surface area contributed by atoms with Crippen LogP contribution in [0.2, 0.25) is 0 Å². The van der Waals surface area contributed by atoms with Crippen molar-refractivity contribution in [2.45, 2.75) is 59.5 Å². The van der Waals surface area contributed by atoms with E-state index in [0.29, 0.717) is 18.4 Å². The molecule has 0 aromatic rings. The molecule has 1 heterocycles. The van der Waals surface area contributed by atoms with Crippen LogP contribution in [0.1, 0.15) is 53.4 Å². The fourth-order valence-electron chi connectivity index (χ4n) is 3.02. The van der Waals surface area contributed by atoms with Crippen LogP contribution in [0.3, 0.4) is 0 Å². The number of ether oxygens (including phenoxy) is 1. The predicted octanol–water partition coefficient (Wildman–Crippen LogP) is 3.01. The van der Waals surface area contributed by atoms with Gasteiger partial charge in [-0.3, -0.25) is 0 Å². The Hall–Kier alpha value is -0.610. The highest BCUT2D eigenvalue weighted by Crippen LogP contribution is 2.34. The van der Waals surface area contributed by atoms with Gasteiger partial charge in [-0.1, -0.05) is 20.8 Å². The van der Waals surface area contributed by atoms with Crippen LogP contribution < -0.4 is 0 Å². The number of carboxylic acid groups (broad SMARTS) is 1. The third-order valence-corrected chi connectivity index (χ3v) is 4.40. The van der Waals surface area contributed by atoms with Gasteiger partial charge in [-0.2, -0.15) is 0 Å². The van der Waals surface area contributed by atoms with Crippen molar-refractivity contribution in [3.63, 3.8) is 0 Å². The van der Waals surface area contributed by atoms with Gasteiger partial charge >= 0.3 is 5.97 Å². The van der Waals surface area contributed by atoms with E-state index in [1.165, 1.54) is 19.3 Å². The molecule has 4 nitrogen and oxygen atoms in total. The SMILES string of the molecule is CCOC(CCN1CCCC(C(C)(C)C)CC1)C(=O)O. The lowest BCUT2D eigenvalue weighted by molar-refractivity contribution is -0.150. The average Bonchev–Trinajstić information content (AvgIpc) is 2.59. The first-order valence-corrected chi connectivity index (χ1v) is 7.91. The van der Waals surface area contributed by atoms with Crippen molar-refractivity contribution in [3.05, 3.63) is 0 Å². The van der Waals surface area contributed by atoms with Gasteiger partial charge in [0.05, 0.1) is 0 Å². The second kappa shape index (κ2) is 7.99. The molecule has 0 saturated carbocycles. The lowest BCUT2D eigenvalue weighted by atomic mass is 9.77. The molecule has 0 bridgehead atoms. The number of carboxylic acids is 1. The molecule has 1 rings (SSSR count). The Morgan fingerprint density at radius 3 is 2.60 bits per heavy atom. The number of nitrogens with zero attached hydrogens (tertiary/aromatic N) is 1. The van der Waals surface area contributed by atoms with Gasteiger partial charge in [0.1, 0.15) is 0 Å². The van der Waals surface area contributed by atoms with Crippen molar-refractivity contribution in [2.24, 2.45) is 11.3 Å². The van der Waals surface area contributed by atoms with Gasteiger partial charge in [0.2, 0.25) is 0 Å². The minimum atomic E-state index is -0.839. The third-order valence-electron chi connectivity index (χ3n) is 4.40. The van der Waals surface area contributed by atoms with Crippen LogP contribution in [0, 0.1) is 11.3 Å². The molecule has 20 heavy (non-hydrogen) atoms. The normalized spacial score (nSPS) is 23.3. The van der Waals surface area contributed by atoms with Gasteiger partial charge in [0.15, 0.2) is 6.10 Å². The van der Waals surface area contributed by atoms with Crippen molar-refractivity contribution in [2.75, 3.05) is 26.2 Å². The lowest BCUT2D eigenvalue weighted by Gasteiger charge is -2.30. The van der Waals surface area contributed by atoms with Crippen molar-refractivity contribution in [1.82, 2.24) is 4.90 Å². The van der Waals surface area contributed by atoms with Crippen LogP contribution in [0.25, 0.3) is 0 Å². The highest BCUT2D eigenvalue weighted by molar-refractivity contribution is 5.72. The quantitative estimate of drug-likeness (QED) is 0.815. The summed E-state index contributed by atoms with van der Waals surface area (Å²) < 4.78 is 5.27. The Balaban J connectivity index is 2.40. The minimum Gasteiger partial charge on any atom is -0.479 e. The van der Waals surface area contributed by atoms with Crippen LogP contribution in [-0.4, -0.2) is 48.3 Å². The molecule has 0 aliphatic carbocycles. The fraction of sp³-hybridized carbons (Fsp3) is 0.938. The summed E-state index contributed by atoms with van der Waals surface area (Å²) in [5.41, 5.74) is 0.380. The van der Waals surface area contributed by atoms with E-state index in [-0.39, 0.29) is 0 Å². The summed E-state index contributed by atoms with van der Waals surface area (Å²) in [6, 6.07) is 0. The zero-order valence-electron chi connectivity index (χ0n) is 13.5. The molecule has 1 aliphatic rings. The lowest BCUT2D eigenvalue weighted by Crippen LogP contribution is -2.33. The van der Waals surface area contributed by atoms with Gasteiger partial charge < -0.3 is 14.7 Å². The van der Waals surface area contributed by atoms with Crippen LogP contribution >= 0.6 is 0 Å². The van der Waals surface area contributed by atoms with E-state index in [2.05, 4.69) is 25.7 Å². The van der Waals surface area contributed by atoms with Crippen LogP contribution in [-0.2, 0) is 9.53 Å². The minimum absolute atomic E-state index is 0.380. The first-order valence-electron chi connectivity index (χ1n) is 7.91. The second-order valence-corrected chi connectivity index (χ2v) is 6.91. The summed E-state index contributed by atoms with van der Waals surface area (Å²) in [7, 11) is 0. The molecule has 0 amide bonds. The van der Waals surface area contributed by atoms with Gasteiger partial charge in [-0.05, 0) is 57.0 Å². The molecule has 0 aromatic carbocycles. The number of hydrogen-bond donors (Lipinski definition) is 1. The molecule has 0 spiro atoms. The topological polar surface area (TPSA) is 49.8 Å². The van der Waals surface area contributed by atoms with E-state index in [4.69, 9.17) is 9.84 Å². The van der Waals surface area contributed by atoms with Crippen LogP contribution in [0.15, 0.2) is 0 Å². The maximum atomic E-state index is 11.1. The molecular weight excluding hydrogens is 254 g/mol. The summed E-state index contributed by atoms with van der Waals surface area (Å²) in [6.07, 6.45) is 3.66. The maximum Gasteiger partial charge on any atom is 0.332 e. The van der Waals surface area contributed by atoms with E-state index < -0.39 is 12.1 Å². The summed E-state index contributed by atoms with van der Waals surface area (Å²) in [5.74, 6) is -0.0658. The van der Waals surface area contributed by atoms with Gasteiger partial charge in [-0.15, -0.1) is 0 Å². The standard InChI is InChI=1S/C16H31NO3/c1-5-20-14(15(18)19)9-12-17-10-6-7-13(8-11-17)16(2,3)4/h13-14H,5-12H2,1-4H3,(H,18,19). The molecule has 118 valence electrons. The van der Waals surface area contributed by atoms with Crippen LogP contribution in [0.4, 0.5) is 0 Å². The molecule has 1 fully saturated rings. The molecule has 2 atom stereocenters. The fourth-order valence-corrected chi connectivity index (χ4v) is 3.02. The van der Waals surface area contributed by atoms with Gasteiger partial charge in [0.25, 0.3) is 0 Å². The van der Waals surface area contributed by atoms with Gasteiger partial charge in [0, 0.05) is 13.2 Å². The Bertz CT molecular complexity index is 299. The second-order valence-electron chi connectivity index (χ2n) is 6.91. The monoisotopic (exact) mass is 285 g/mol. The van der Waals surface area contributed by atoms with E-state index in [0.717, 1.165) is 25.6 Å². The Kier molecular flexibility index (Phi) is 6.96. The first-order chi connectivity index (χ1) is 9.34. The van der Waals surface area contributed by atoms with Crippen molar-refractivity contribution in [3.8, 4) is 0 Å². The first kappa shape index (κ1) is 17.4. The number of rotatable bonds is 6. The van der Waals surface area contributed by atoms with E-state index >= 15 is 0 Å². The Morgan fingerprint density at radius 1 is 1.35 bits per heavy atom. The predicted molar refractivity (Wildman–Crippen MR) is 80.9 cm³/mol. The van der Waals surface area contributed by atoms with E-state index in [9.17, 15) is 4.79 Å². The van der Waals surface area contributed by atoms with E-state index in [1.54, 1.807) is 0 Å². The largest absolute Gasteiger partial charge is 0.479 e. The number of carbonyl (C=O) groups is 1. The molecule has 1 N–H and O–H groups in total. The molecule has 0 aromatic heterocycles. The average molecular weight is 285 g/mol. The molecular formula is C16H31NO3. The molecule has 2 unspecified atom stereocenters. The van der Waals surface area contributed by atoms with Crippen molar-refractivity contribution >= 4 is 5.97 Å². The summed E-state index contributed by atoms with van der Waals surface area (Å²) in [6.45, 7) is 12.3. The number of hydrogen-bond acceptors (Lipinski definition) is 3. The zero-order valence-corrected chi connectivity index (χ0v) is 13.5. The smallest absolute Gasteiger partial charge is 0.332 e. The van der Waals surface area contributed by atoms with Gasteiger partial charge in [-0.25, -0.2) is 4.79 Å². The van der Waals surface area contributed by atoms with Crippen molar-refractivity contribution < 1.29 is 14.6 Å². The summed E-state index contributed by atoms with van der Waals surface area (Å²) in [4.78, 5) is 13.5. The van der Waals surface area contributed by atoms with E-state index in [1.807, 2.05) is 6.92 Å². The number of aliphatic carboxylic acids is 1. The molecule has 0 radical (unpaired) electrons. The van der Waals surface area contributed by atoms with Crippen molar-refractivity contribution in [1.29, 1.82) is 0 Å². The molecule has 1 aliphatic heterocycles. The number of likely N-dealkylation sites (tertiary alicyclic amines) is 1. The molecule has 4 heteroatoms. The Morgan fingerprint density at radius 2 is 2.05 bits per heavy atom. The highest BCUT2D eigenvalue weighted by Gasteiger charge is 2.27. The highest BCUT2D eigenvalue weighted by atomic mass is 16.5. The molecule has 1 saturated heterocycles. The zero-order chi connectivity index (χ0) is 15.2. The summed E-state index contributed by atoms with van der Waals surface area (Å²) >= 11 is 0. The Labute approximate surface area is 123 Å². The maximum absolute atomic E-state index is 11.1. The van der Waals surface area contributed by atoms with Crippen LogP contribution in [0.5, 0.6) is 0 Å². The summed E-state index contributed by atoms with van der Waals surface area (Å²) in [5, 5.41) is 9.09. The third kappa shape index (κ3) is 5.80.